The molecule has 1 amide bonds. The van der Waals surface area contributed by atoms with E-state index in [1.54, 1.807) is 30.0 Å². The van der Waals surface area contributed by atoms with Gasteiger partial charge in [-0.25, -0.2) is 9.37 Å². The molecule has 0 atom stereocenters. The van der Waals surface area contributed by atoms with Crippen LogP contribution >= 0.6 is 34.9 Å². The molecule has 4 aromatic rings. The number of allylic oxidation sites excluding steroid dienone is 1. The highest BCUT2D eigenvalue weighted by molar-refractivity contribution is 7.99. The number of halogens is 1. The zero-order chi connectivity index (χ0) is 24.6. The molecule has 2 heterocycles. The quantitative estimate of drug-likeness (QED) is 0.186. The van der Waals surface area contributed by atoms with Crippen LogP contribution in [-0.2, 0) is 22.8 Å². The molecule has 2 aromatic carbocycles. The van der Waals surface area contributed by atoms with Crippen molar-refractivity contribution in [3.05, 3.63) is 89.3 Å². The Morgan fingerprint density at radius 2 is 1.91 bits per heavy atom. The number of aromatic nitrogens is 4. The molecular formula is C25H24FN5OS3. The Bertz CT molecular complexity index is 1290. The van der Waals surface area contributed by atoms with E-state index in [1.165, 1.54) is 35.2 Å². The van der Waals surface area contributed by atoms with Crippen molar-refractivity contribution in [1.82, 2.24) is 19.7 Å². The number of hydrogen-bond donors (Lipinski definition) is 1. The van der Waals surface area contributed by atoms with Crippen molar-refractivity contribution in [2.75, 3.05) is 11.1 Å². The second kappa shape index (κ2) is 12.1. The van der Waals surface area contributed by atoms with Gasteiger partial charge in [-0.1, -0.05) is 60.3 Å². The summed E-state index contributed by atoms with van der Waals surface area (Å²) in [6.07, 6.45) is 1.78. The average Bonchev–Trinajstić information content (AvgIpc) is 3.42. The monoisotopic (exact) mass is 525 g/mol. The Balaban J connectivity index is 1.33. The van der Waals surface area contributed by atoms with Crippen LogP contribution in [0.25, 0.3) is 11.3 Å². The Morgan fingerprint density at radius 3 is 2.66 bits per heavy atom. The van der Waals surface area contributed by atoms with Crippen LogP contribution in [0.4, 0.5) is 9.52 Å². The third kappa shape index (κ3) is 6.81. The number of amides is 1. The Labute approximate surface area is 216 Å². The molecule has 0 unspecified atom stereocenters. The van der Waals surface area contributed by atoms with Crippen LogP contribution in [0.1, 0.15) is 16.3 Å². The molecule has 6 nitrogen and oxygen atoms in total. The van der Waals surface area contributed by atoms with Crippen molar-refractivity contribution < 1.29 is 9.18 Å². The highest BCUT2D eigenvalue weighted by Gasteiger charge is 2.16. The maximum Gasteiger partial charge on any atom is 0.236 e. The van der Waals surface area contributed by atoms with E-state index in [-0.39, 0.29) is 17.5 Å². The van der Waals surface area contributed by atoms with Crippen LogP contribution in [-0.4, -0.2) is 31.4 Å². The molecule has 4 rings (SSSR count). The van der Waals surface area contributed by atoms with Crippen LogP contribution in [0.5, 0.6) is 0 Å². The van der Waals surface area contributed by atoms with E-state index in [2.05, 4.69) is 27.1 Å². The van der Waals surface area contributed by atoms with E-state index in [0.717, 1.165) is 33.3 Å². The largest absolute Gasteiger partial charge is 0.301 e. The van der Waals surface area contributed by atoms with E-state index >= 15 is 0 Å². The van der Waals surface area contributed by atoms with Crippen LogP contribution in [0.15, 0.2) is 72.4 Å². The van der Waals surface area contributed by atoms with Crippen molar-refractivity contribution in [2.45, 2.75) is 30.1 Å². The smallest absolute Gasteiger partial charge is 0.236 e. The molecule has 180 valence electrons. The molecule has 10 heteroatoms. The molecule has 0 aliphatic heterocycles. The van der Waals surface area contributed by atoms with E-state index < -0.39 is 0 Å². The Morgan fingerprint density at radius 1 is 1.14 bits per heavy atom. The number of nitrogens with zero attached hydrogens (tertiary/aromatic N) is 4. The molecule has 0 saturated heterocycles. The van der Waals surface area contributed by atoms with Gasteiger partial charge in [0.2, 0.25) is 5.91 Å². The summed E-state index contributed by atoms with van der Waals surface area (Å²) in [6.45, 7) is 6.38. The highest BCUT2D eigenvalue weighted by atomic mass is 32.2. The maximum atomic E-state index is 13.1. The number of carbonyl (C=O) groups excluding carboxylic acids is 1. The summed E-state index contributed by atoms with van der Waals surface area (Å²) in [7, 11) is 0. The fourth-order valence-electron chi connectivity index (χ4n) is 3.28. The summed E-state index contributed by atoms with van der Waals surface area (Å²) >= 11 is 4.46. The first-order chi connectivity index (χ1) is 17.0. The van der Waals surface area contributed by atoms with Crippen molar-refractivity contribution in [2.24, 2.45) is 0 Å². The SMILES string of the molecule is C=CCn1c(CSCc2ccc(F)cc2)nnc1SCC(=O)Nc1nc(-c2ccccc2)c(C)s1. The van der Waals surface area contributed by atoms with Crippen LogP contribution in [0, 0.1) is 12.7 Å². The summed E-state index contributed by atoms with van der Waals surface area (Å²) in [5, 5.41) is 12.7. The summed E-state index contributed by atoms with van der Waals surface area (Å²) in [6, 6.07) is 16.4. The van der Waals surface area contributed by atoms with E-state index in [4.69, 9.17) is 0 Å². The summed E-state index contributed by atoms with van der Waals surface area (Å²) in [4.78, 5) is 18.2. The Hall–Kier alpha value is -2.95. The Kier molecular flexibility index (Phi) is 8.73. The first-order valence-corrected chi connectivity index (χ1v) is 13.8. The van der Waals surface area contributed by atoms with Gasteiger partial charge >= 0.3 is 0 Å². The van der Waals surface area contributed by atoms with Gasteiger partial charge in [-0.3, -0.25) is 4.79 Å². The lowest BCUT2D eigenvalue weighted by Crippen LogP contribution is -2.14. The molecular weight excluding hydrogens is 502 g/mol. The molecule has 2 aromatic heterocycles. The lowest BCUT2D eigenvalue weighted by Gasteiger charge is -2.08. The fraction of sp³-hybridized carbons (Fsp3) is 0.200. The van der Waals surface area contributed by atoms with Gasteiger partial charge in [0.15, 0.2) is 10.3 Å². The molecule has 0 spiro atoms. The van der Waals surface area contributed by atoms with Gasteiger partial charge in [-0.05, 0) is 24.6 Å². The first-order valence-electron chi connectivity index (χ1n) is 10.8. The number of nitrogens with one attached hydrogen (secondary N) is 1. The molecule has 0 aliphatic rings. The second-order valence-electron chi connectivity index (χ2n) is 7.54. The molecule has 35 heavy (non-hydrogen) atoms. The van der Waals surface area contributed by atoms with Crippen LogP contribution in [0.2, 0.25) is 0 Å². The summed E-state index contributed by atoms with van der Waals surface area (Å²) in [5.41, 5.74) is 2.95. The van der Waals surface area contributed by atoms with E-state index in [9.17, 15) is 9.18 Å². The van der Waals surface area contributed by atoms with E-state index in [1.807, 2.05) is 41.8 Å². The fourth-order valence-corrected chi connectivity index (χ4v) is 5.83. The van der Waals surface area contributed by atoms with Crippen molar-refractivity contribution in [1.29, 1.82) is 0 Å². The zero-order valence-electron chi connectivity index (χ0n) is 19.1. The molecule has 0 radical (unpaired) electrons. The highest BCUT2D eigenvalue weighted by Crippen LogP contribution is 2.30. The zero-order valence-corrected chi connectivity index (χ0v) is 21.6. The lowest BCUT2D eigenvalue weighted by molar-refractivity contribution is -0.113. The van der Waals surface area contributed by atoms with Gasteiger partial charge in [0.1, 0.15) is 11.6 Å². The number of anilines is 1. The van der Waals surface area contributed by atoms with Gasteiger partial charge in [0.25, 0.3) is 0 Å². The first kappa shape index (κ1) is 25.2. The molecule has 0 aliphatic carbocycles. The standard InChI is InChI=1S/C25H24FN5OS3/c1-3-13-31-21(15-33-14-18-9-11-20(26)12-10-18)29-30-25(31)34-16-22(32)27-24-28-23(17(2)35-24)19-7-5-4-6-8-19/h3-12H,1,13-16H2,2H3,(H,27,28,32). The van der Waals surface area contributed by atoms with Gasteiger partial charge in [0, 0.05) is 22.7 Å². The topological polar surface area (TPSA) is 72.7 Å². The summed E-state index contributed by atoms with van der Waals surface area (Å²) in [5.74, 6) is 2.00. The van der Waals surface area contributed by atoms with Crippen molar-refractivity contribution >= 4 is 45.9 Å². The number of hydrogen-bond acceptors (Lipinski definition) is 7. The number of benzene rings is 2. The minimum atomic E-state index is -0.239. The number of thioether (sulfide) groups is 2. The number of rotatable bonds is 11. The maximum absolute atomic E-state index is 13.1. The minimum absolute atomic E-state index is 0.149. The third-order valence-electron chi connectivity index (χ3n) is 4.94. The molecule has 1 N–H and O–H groups in total. The van der Waals surface area contributed by atoms with E-state index in [0.29, 0.717) is 22.6 Å². The molecule has 0 fully saturated rings. The summed E-state index contributed by atoms with van der Waals surface area (Å²) < 4.78 is 15.0. The van der Waals surface area contributed by atoms with Crippen molar-refractivity contribution in [3.63, 3.8) is 0 Å². The predicted octanol–water partition coefficient (Wildman–Crippen LogP) is 6.20. The minimum Gasteiger partial charge on any atom is -0.301 e. The molecule has 0 saturated carbocycles. The van der Waals surface area contributed by atoms with Gasteiger partial charge in [0.05, 0.1) is 17.2 Å². The average molecular weight is 526 g/mol. The number of carbonyl (C=O) groups is 1. The predicted molar refractivity (Wildman–Crippen MR) is 143 cm³/mol. The molecule has 0 bridgehead atoms. The van der Waals surface area contributed by atoms with Crippen LogP contribution in [0.3, 0.4) is 0 Å². The van der Waals surface area contributed by atoms with Crippen LogP contribution < -0.4 is 5.32 Å². The lowest BCUT2D eigenvalue weighted by atomic mass is 10.1. The number of thiazole rings is 1. The van der Waals surface area contributed by atoms with Gasteiger partial charge < -0.3 is 9.88 Å². The second-order valence-corrected chi connectivity index (χ2v) is 10.7. The van der Waals surface area contributed by atoms with Gasteiger partial charge in [-0.15, -0.1) is 39.9 Å². The normalized spacial score (nSPS) is 10.9. The van der Waals surface area contributed by atoms with Crippen molar-refractivity contribution in [3.8, 4) is 11.3 Å². The third-order valence-corrected chi connectivity index (χ3v) is 7.79. The van der Waals surface area contributed by atoms with Gasteiger partial charge in [-0.2, -0.15) is 0 Å². The number of aryl methyl sites for hydroxylation is 1.